The Balaban J connectivity index is 0.000000191. The number of carbonyl (C=O) groups excluding carboxylic acids is 2. The van der Waals surface area contributed by atoms with Gasteiger partial charge >= 0.3 is 0 Å². The summed E-state index contributed by atoms with van der Waals surface area (Å²) in [5.74, 6) is -2.44. The number of hydrogen-bond acceptors (Lipinski definition) is 8. The number of carbonyl (C=O) groups is 2. The fourth-order valence-electron chi connectivity index (χ4n) is 10.6. The van der Waals surface area contributed by atoms with Crippen LogP contribution in [0.3, 0.4) is 0 Å². The lowest BCUT2D eigenvalue weighted by Gasteiger charge is -2.38. The van der Waals surface area contributed by atoms with E-state index in [1.54, 1.807) is 45.6 Å². The van der Waals surface area contributed by atoms with Gasteiger partial charge in [0.05, 0.1) is 23.9 Å². The second kappa shape index (κ2) is 20.5. The average molecular weight is 879 g/mol. The molecular weight excluding hydrogens is 819 g/mol. The zero-order chi connectivity index (χ0) is 45.7. The molecule has 12 nitrogen and oxygen atoms in total. The summed E-state index contributed by atoms with van der Waals surface area (Å²) in [5, 5.41) is 26.5. The van der Waals surface area contributed by atoms with Crippen molar-refractivity contribution in [3.63, 3.8) is 0 Å². The van der Waals surface area contributed by atoms with Gasteiger partial charge in [-0.1, -0.05) is 62.4 Å². The van der Waals surface area contributed by atoms with Gasteiger partial charge in [-0.15, -0.1) is 0 Å². The average Bonchev–Trinajstić information content (AvgIpc) is 3.64. The van der Waals surface area contributed by atoms with E-state index in [2.05, 4.69) is 34.3 Å². The van der Waals surface area contributed by atoms with E-state index in [1.807, 2.05) is 50.3 Å². The summed E-state index contributed by atoms with van der Waals surface area (Å²) in [6.07, 6.45) is 9.10. The highest BCUT2D eigenvalue weighted by atomic mass is 19.1. The molecule has 4 aliphatic heterocycles. The fourth-order valence-corrected chi connectivity index (χ4v) is 10.6. The number of rotatable bonds is 14. The van der Waals surface area contributed by atoms with Gasteiger partial charge < -0.3 is 30.0 Å². The number of aromatic nitrogens is 2. The Labute approximate surface area is 372 Å². The molecule has 8 rings (SSSR count). The third-order valence-electron chi connectivity index (χ3n) is 13.4. The van der Waals surface area contributed by atoms with Crippen molar-refractivity contribution in [3.05, 3.63) is 151 Å². The number of benzene rings is 2. The monoisotopic (exact) mass is 878 g/mol. The molecule has 2 aromatic heterocycles. The van der Waals surface area contributed by atoms with Crippen LogP contribution >= 0.6 is 0 Å². The first kappa shape index (κ1) is 46.5. The minimum atomic E-state index is -0.474. The first-order valence-electron chi connectivity index (χ1n) is 22.5. The number of amides is 2. The van der Waals surface area contributed by atoms with Crippen molar-refractivity contribution in [2.24, 2.45) is 23.7 Å². The zero-order valence-electron chi connectivity index (χ0n) is 37.0. The summed E-state index contributed by atoms with van der Waals surface area (Å²) < 4.78 is 29.9. The van der Waals surface area contributed by atoms with Gasteiger partial charge in [-0.2, -0.15) is 0 Å². The number of allylic oxidation sites excluding steroid dienone is 2. The minimum absolute atomic E-state index is 0.0594. The lowest BCUT2D eigenvalue weighted by atomic mass is 9.86. The topological polar surface area (TPSA) is 149 Å². The van der Waals surface area contributed by atoms with Gasteiger partial charge in [-0.05, 0) is 99.4 Å². The summed E-state index contributed by atoms with van der Waals surface area (Å²) in [7, 11) is 0. The SMILES string of the molecule is C/C=C/c1ccc2n(c1=O)C[C@@H]1[C@@H](CO)[C@H](C(=O)NCc3ccc(F)cc3)[C@H]2N1CCC.C/C=C\c1ccc2n(c1=O)C[C@@H]1[C@@H](CO)[C@H](C(=O)NCc3ccc(F)cc3)[C@H]2N1CCC. The van der Waals surface area contributed by atoms with Crippen LogP contribution in [0.1, 0.15) is 86.3 Å². The number of halogens is 2. The number of nitrogens with zero attached hydrogens (tertiary/aromatic N) is 4. The highest BCUT2D eigenvalue weighted by Crippen LogP contribution is 2.49. The molecule has 0 radical (unpaired) electrons. The first-order valence-corrected chi connectivity index (χ1v) is 22.5. The quantitative estimate of drug-likeness (QED) is 0.131. The van der Waals surface area contributed by atoms with E-state index in [4.69, 9.17) is 0 Å². The Morgan fingerprint density at radius 3 is 1.33 bits per heavy atom. The van der Waals surface area contributed by atoms with E-state index < -0.39 is 11.8 Å². The van der Waals surface area contributed by atoms with Gasteiger partial charge in [0.15, 0.2) is 0 Å². The van der Waals surface area contributed by atoms with Crippen molar-refractivity contribution in [3.8, 4) is 0 Å². The molecule has 4 aromatic rings. The van der Waals surface area contributed by atoms with Crippen LogP contribution in [0, 0.1) is 35.3 Å². The Morgan fingerprint density at radius 1 is 0.625 bits per heavy atom. The Kier molecular flexibility index (Phi) is 14.9. The van der Waals surface area contributed by atoms with Crippen LogP contribution in [0.25, 0.3) is 12.2 Å². The molecule has 340 valence electrons. The van der Waals surface area contributed by atoms with Gasteiger partial charge in [0.25, 0.3) is 11.1 Å². The third-order valence-corrected chi connectivity index (χ3v) is 13.4. The van der Waals surface area contributed by atoms with Gasteiger partial charge in [0, 0.05) is 85.8 Å². The van der Waals surface area contributed by atoms with E-state index in [0.29, 0.717) is 24.2 Å². The summed E-state index contributed by atoms with van der Waals surface area (Å²) >= 11 is 0. The van der Waals surface area contributed by atoms with Crippen LogP contribution in [0.5, 0.6) is 0 Å². The largest absolute Gasteiger partial charge is 0.396 e. The second-order valence-corrected chi connectivity index (χ2v) is 17.2. The summed E-state index contributed by atoms with van der Waals surface area (Å²) in [6, 6.07) is 18.9. The number of aliphatic hydroxyl groups is 2. The Morgan fingerprint density at radius 2 is 1.00 bits per heavy atom. The number of hydrogen-bond donors (Lipinski definition) is 4. The molecule has 14 heteroatoms. The highest BCUT2D eigenvalue weighted by Gasteiger charge is 2.56. The molecule has 0 spiro atoms. The summed E-state index contributed by atoms with van der Waals surface area (Å²) in [5.41, 5.74) is 4.39. The predicted molar refractivity (Wildman–Crippen MR) is 242 cm³/mol. The highest BCUT2D eigenvalue weighted by molar-refractivity contribution is 5.81. The van der Waals surface area contributed by atoms with Crippen molar-refractivity contribution in [2.75, 3.05) is 26.3 Å². The predicted octanol–water partition coefficient (Wildman–Crippen LogP) is 5.42. The lowest BCUT2D eigenvalue weighted by Crippen LogP contribution is -2.47. The van der Waals surface area contributed by atoms with Crippen LogP contribution in [-0.4, -0.2) is 79.3 Å². The molecule has 6 heterocycles. The minimum Gasteiger partial charge on any atom is -0.396 e. The molecule has 2 saturated heterocycles. The fraction of sp³-hybridized carbons (Fsp3) is 0.440. The van der Waals surface area contributed by atoms with Crippen LogP contribution in [0.4, 0.5) is 8.78 Å². The number of nitrogens with one attached hydrogen (secondary N) is 2. The van der Waals surface area contributed by atoms with Gasteiger partial charge in [0.1, 0.15) is 11.6 Å². The standard InChI is InChI=1S/2C25H30FN3O3/c2*1-3-5-17-8-11-20-23-22(24(31)27-13-16-6-9-18(26)10-7-16)19(15-30)21(28(23)12-4-2)14-29(20)25(17)32/h2*3,5-11,19,21-23,30H,4,12-15H2,1-2H3,(H,27,31)/b5-3+;5-3-/t2*19-,21-,22+,23+/m11/s1. The molecule has 8 atom stereocenters. The van der Waals surface area contributed by atoms with E-state index >= 15 is 0 Å². The van der Waals surface area contributed by atoms with E-state index in [9.17, 15) is 38.2 Å². The second-order valence-electron chi connectivity index (χ2n) is 17.2. The van der Waals surface area contributed by atoms with Crippen molar-refractivity contribution >= 4 is 24.0 Å². The maximum absolute atomic E-state index is 13.4. The van der Waals surface area contributed by atoms with E-state index in [-0.39, 0.29) is 96.9 Å². The Hall–Kier alpha value is -5.54. The first-order chi connectivity index (χ1) is 31.0. The van der Waals surface area contributed by atoms with Crippen LogP contribution in [0.15, 0.2) is 94.5 Å². The molecule has 64 heavy (non-hydrogen) atoms. The maximum atomic E-state index is 13.4. The van der Waals surface area contributed by atoms with E-state index in [0.717, 1.165) is 48.4 Å². The maximum Gasteiger partial charge on any atom is 0.258 e. The third kappa shape index (κ3) is 9.06. The van der Waals surface area contributed by atoms with Crippen molar-refractivity contribution in [1.82, 2.24) is 29.6 Å². The molecule has 4 aliphatic rings. The summed E-state index contributed by atoms with van der Waals surface area (Å²) in [6.45, 7) is 10.8. The lowest BCUT2D eigenvalue weighted by molar-refractivity contribution is -0.128. The molecule has 2 fully saturated rings. The van der Waals surface area contributed by atoms with Gasteiger partial charge in [-0.25, -0.2) is 8.78 Å². The number of aliphatic hydroxyl groups excluding tert-OH is 2. The van der Waals surface area contributed by atoms with Crippen molar-refractivity contribution < 1.29 is 28.6 Å². The van der Waals surface area contributed by atoms with E-state index in [1.165, 1.54) is 24.3 Å². The summed E-state index contributed by atoms with van der Waals surface area (Å²) in [4.78, 5) is 57.5. The molecule has 4 bridgehead atoms. The van der Waals surface area contributed by atoms with Gasteiger partial charge in [0.2, 0.25) is 11.8 Å². The zero-order valence-corrected chi connectivity index (χ0v) is 37.0. The molecule has 2 aromatic carbocycles. The number of fused-ring (bicyclic) bond motifs is 8. The molecule has 0 aliphatic carbocycles. The van der Waals surface area contributed by atoms with Gasteiger partial charge in [-0.3, -0.25) is 29.0 Å². The van der Waals surface area contributed by atoms with Crippen molar-refractivity contribution in [1.29, 1.82) is 0 Å². The normalized spacial score (nSPS) is 24.6. The molecule has 4 N–H and O–H groups in total. The van der Waals surface area contributed by atoms with Crippen LogP contribution < -0.4 is 21.8 Å². The Bertz CT molecular complexity index is 2300. The van der Waals surface area contributed by atoms with Crippen LogP contribution in [0.2, 0.25) is 0 Å². The smallest absolute Gasteiger partial charge is 0.258 e. The number of pyridine rings is 2. The van der Waals surface area contributed by atoms with Crippen molar-refractivity contribution in [2.45, 2.75) is 90.9 Å². The molecule has 0 saturated carbocycles. The van der Waals surface area contributed by atoms with Crippen LogP contribution in [-0.2, 0) is 35.8 Å². The molecule has 2 amide bonds. The molecular formula is C50H60F2N6O6. The molecule has 0 unspecified atom stereocenters.